The third-order valence-corrected chi connectivity index (χ3v) is 5.34. The van der Waals surface area contributed by atoms with Crippen molar-refractivity contribution in [3.05, 3.63) is 90.0 Å². The van der Waals surface area contributed by atoms with Crippen molar-refractivity contribution in [3.8, 4) is 5.75 Å². The van der Waals surface area contributed by atoms with Gasteiger partial charge in [-0.05, 0) is 72.7 Å². The Labute approximate surface area is 183 Å². The molecular formula is C25H30N4O2. The van der Waals surface area contributed by atoms with Crippen molar-refractivity contribution >= 4 is 5.91 Å². The van der Waals surface area contributed by atoms with Crippen LogP contribution < -0.4 is 15.8 Å². The van der Waals surface area contributed by atoms with Gasteiger partial charge < -0.3 is 10.5 Å². The van der Waals surface area contributed by atoms with Gasteiger partial charge in [-0.15, -0.1) is 0 Å². The van der Waals surface area contributed by atoms with Gasteiger partial charge >= 0.3 is 0 Å². The van der Waals surface area contributed by atoms with Gasteiger partial charge in [-0.3, -0.25) is 20.1 Å². The normalized spacial score (nSPS) is 12.8. The van der Waals surface area contributed by atoms with Gasteiger partial charge in [0.15, 0.2) is 0 Å². The van der Waals surface area contributed by atoms with Crippen LogP contribution in [0.4, 0.5) is 0 Å². The fraction of sp³-hybridized carbons (Fsp3) is 0.320. The third-order valence-electron chi connectivity index (χ3n) is 5.34. The predicted molar refractivity (Wildman–Crippen MR) is 122 cm³/mol. The number of pyridine rings is 2. The Hall–Kier alpha value is -3.25. The summed E-state index contributed by atoms with van der Waals surface area (Å²) in [5, 5.41) is 3.47. The Bertz CT molecular complexity index is 933. The molecule has 0 radical (unpaired) electrons. The highest BCUT2D eigenvalue weighted by molar-refractivity contribution is 5.86. The van der Waals surface area contributed by atoms with Gasteiger partial charge in [-0.2, -0.15) is 0 Å². The van der Waals surface area contributed by atoms with Crippen LogP contribution >= 0.6 is 0 Å². The van der Waals surface area contributed by atoms with E-state index in [0.717, 1.165) is 35.3 Å². The first kappa shape index (κ1) is 22.4. The zero-order valence-corrected chi connectivity index (χ0v) is 18.0. The first-order chi connectivity index (χ1) is 15.1. The lowest BCUT2D eigenvalue weighted by molar-refractivity contribution is -0.125. The van der Waals surface area contributed by atoms with Crippen LogP contribution in [-0.2, 0) is 23.2 Å². The molecule has 0 saturated carbocycles. The van der Waals surface area contributed by atoms with Crippen molar-refractivity contribution in [3.63, 3.8) is 0 Å². The molecule has 0 saturated heterocycles. The van der Waals surface area contributed by atoms with Gasteiger partial charge in [0.25, 0.3) is 0 Å². The lowest BCUT2D eigenvalue weighted by atomic mass is 9.83. The standard InChI is InChI=1S/C25H30N4O2/c1-2-18-31-23-7-5-22(6-8-23)25(24(26)30,13-9-21-4-3-14-28-19-21)29-17-12-20-10-15-27-16-11-20/h3-8,10-11,14-16,19,29H,2,9,12-13,17-18H2,1H3,(H2,26,30). The van der Waals surface area contributed by atoms with Crippen LogP contribution in [0.2, 0.25) is 0 Å². The molecule has 3 rings (SSSR count). The van der Waals surface area contributed by atoms with Crippen LogP contribution in [0.3, 0.4) is 0 Å². The Morgan fingerprint density at radius 2 is 1.77 bits per heavy atom. The molecule has 162 valence electrons. The Balaban J connectivity index is 1.83. The number of hydrogen-bond donors (Lipinski definition) is 2. The summed E-state index contributed by atoms with van der Waals surface area (Å²) in [6.45, 7) is 3.33. The van der Waals surface area contributed by atoms with E-state index in [1.807, 2.05) is 54.7 Å². The first-order valence-electron chi connectivity index (χ1n) is 10.7. The monoisotopic (exact) mass is 418 g/mol. The quantitative estimate of drug-likeness (QED) is 0.470. The van der Waals surface area contributed by atoms with E-state index in [1.54, 1.807) is 18.6 Å². The summed E-state index contributed by atoms with van der Waals surface area (Å²) >= 11 is 0. The highest BCUT2D eigenvalue weighted by Crippen LogP contribution is 2.29. The van der Waals surface area contributed by atoms with E-state index in [9.17, 15) is 4.79 Å². The molecule has 0 aliphatic rings. The van der Waals surface area contributed by atoms with Crippen LogP contribution in [0, 0.1) is 0 Å². The maximum atomic E-state index is 12.8. The summed E-state index contributed by atoms with van der Waals surface area (Å²) in [7, 11) is 0. The van der Waals surface area contributed by atoms with Crippen molar-refractivity contribution < 1.29 is 9.53 Å². The van der Waals surface area contributed by atoms with Crippen LogP contribution in [-0.4, -0.2) is 29.0 Å². The molecule has 6 nitrogen and oxygen atoms in total. The number of ether oxygens (including phenoxy) is 1. The lowest BCUT2D eigenvalue weighted by Gasteiger charge is -2.33. The minimum absolute atomic E-state index is 0.395. The van der Waals surface area contributed by atoms with Crippen molar-refractivity contribution in [1.82, 2.24) is 15.3 Å². The van der Waals surface area contributed by atoms with Crippen LogP contribution in [0.1, 0.15) is 36.5 Å². The second-order valence-electron chi connectivity index (χ2n) is 7.54. The summed E-state index contributed by atoms with van der Waals surface area (Å²) in [4.78, 5) is 21.1. The summed E-state index contributed by atoms with van der Waals surface area (Å²) in [6.07, 6.45) is 10.0. The maximum Gasteiger partial charge on any atom is 0.242 e. The minimum atomic E-state index is -0.994. The molecule has 3 N–H and O–H groups in total. The molecule has 1 atom stereocenters. The lowest BCUT2D eigenvalue weighted by Crippen LogP contribution is -2.53. The van der Waals surface area contributed by atoms with E-state index in [2.05, 4.69) is 22.2 Å². The molecule has 2 aromatic heterocycles. The largest absolute Gasteiger partial charge is 0.494 e. The molecular weight excluding hydrogens is 388 g/mol. The number of benzene rings is 1. The van der Waals surface area contributed by atoms with E-state index >= 15 is 0 Å². The molecule has 2 heterocycles. The number of carbonyl (C=O) groups excluding carboxylic acids is 1. The van der Waals surface area contributed by atoms with Gasteiger partial charge in [0.2, 0.25) is 5.91 Å². The second kappa shape index (κ2) is 11.2. The number of primary amides is 1. The van der Waals surface area contributed by atoms with Crippen LogP contribution in [0.5, 0.6) is 5.75 Å². The highest BCUT2D eigenvalue weighted by Gasteiger charge is 2.37. The molecule has 0 bridgehead atoms. The van der Waals surface area contributed by atoms with Gasteiger partial charge in [0.1, 0.15) is 11.3 Å². The number of nitrogens with one attached hydrogen (secondary N) is 1. The number of rotatable bonds is 12. The van der Waals surface area contributed by atoms with E-state index in [4.69, 9.17) is 10.5 Å². The Morgan fingerprint density at radius 3 is 2.42 bits per heavy atom. The van der Waals surface area contributed by atoms with Gasteiger partial charge in [-0.25, -0.2) is 0 Å². The van der Waals surface area contributed by atoms with Crippen molar-refractivity contribution in [2.45, 2.75) is 38.1 Å². The highest BCUT2D eigenvalue weighted by atomic mass is 16.5. The number of amides is 1. The second-order valence-corrected chi connectivity index (χ2v) is 7.54. The smallest absolute Gasteiger partial charge is 0.242 e. The molecule has 3 aromatic rings. The number of carbonyl (C=O) groups is 1. The molecule has 1 aromatic carbocycles. The number of nitrogens with zero attached hydrogens (tertiary/aromatic N) is 2. The summed E-state index contributed by atoms with van der Waals surface area (Å²) in [6, 6.07) is 15.5. The average molecular weight is 419 g/mol. The van der Waals surface area contributed by atoms with Crippen LogP contribution in [0.25, 0.3) is 0 Å². The molecule has 1 amide bonds. The van der Waals surface area contributed by atoms with E-state index < -0.39 is 11.4 Å². The van der Waals surface area contributed by atoms with Crippen molar-refractivity contribution in [2.24, 2.45) is 5.73 Å². The average Bonchev–Trinajstić information content (AvgIpc) is 2.81. The van der Waals surface area contributed by atoms with E-state index in [1.165, 1.54) is 0 Å². The first-order valence-corrected chi connectivity index (χ1v) is 10.7. The Kier molecular flexibility index (Phi) is 8.12. The van der Waals surface area contributed by atoms with Gasteiger partial charge in [0.05, 0.1) is 6.61 Å². The third kappa shape index (κ3) is 6.12. The molecule has 0 aliphatic carbocycles. The molecule has 6 heteroatoms. The topological polar surface area (TPSA) is 90.1 Å². The predicted octanol–water partition coefficient (Wildman–Crippen LogP) is 3.41. The van der Waals surface area contributed by atoms with Crippen LogP contribution in [0.15, 0.2) is 73.3 Å². The Morgan fingerprint density at radius 1 is 1.00 bits per heavy atom. The summed E-state index contributed by atoms with van der Waals surface area (Å²) in [5.74, 6) is 0.390. The van der Waals surface area contributed by atoms with E-state index in [0.29, 0.717) is 26.0 Å². The van der Waals surface area contributed by atoms with Crippen molar-refractivity contribution in [2.75, 3.05) is 13.2 Å². The zero-order valence-electron chi connectivity index (χ0n) is 18.0. The fourth-order valence-electron chi connectivity index (χ4n) is 3.59. The number of aryl methyl sites for hydroxylation is 1. The molecule has 1 unspecified atom stereocenters. The summed E-state index contributed by atoms with van der Waals surface area (Å²) < 4.78 is 5.70. The fourth-order valence-corrected chi connectivity index (χ4v) is 3.59. The minimum Gasteiger partial charge on any atom is -0.494 e. The van der Waals surface area contributed by atoms with Gasteiger partial charge in [-0.1, -0.05) is 25.1 Å². The summed E-state index contributed by atoms with van der Waals surface area (Å²) in [5.41, 5.74) is 8.06. The SMILES string of the molecule is CCCOc1ccc(C(CCc2cccnc2)(NCCc2ccncc2)C(N)=O)cc1. The molecule has 0 aliphatic heterocycles. The zero-order chi connectivity index (χ0) is 21.9. The van der Waals surface area contributed by atoms with E-state index in [-0.39, 0.29) is 0 Å². The maximum absolute atomic E-state index is 12.8. The van der Waals surface area contributed by atoms with Gasteiger partial charge in [0, 0.05) is 31.3 Å². The molecule has 0 spiro atoms. The number of nitrogens with two attached hydrogens (primary N) is 1. The molecule has 0 fully saturated rings. The number of hydrogen-bond acceptors (Lipinski definition) is 5. The van der Waals surface area contributed by atoms with Crippen molar-refractivity contribution in [1.29, 1.82) is 0 Å². The molecule has 31 heavy (non-hydrogen) atoms. The number of aromatic nitrogens is 2.